The number of rotatable bonds is 4. The van der Waals surface area contributed by atoms with E-state index in [9.17, 15) is 0 Å². The summed E-state index contributed by atoms with van der Waals surface area (Å²) in [5, 5.41) is 4.40. The molecule has 6 heteroatoms. The van der Waals surface area contributed by atoms with Gasteiger partial charge >= 0.3 is 0 Å². The third-order valence-electron chi connectivity index (χ3n) is 3.88. The number of nitrogens with zero attached hydrogens (tertiary/aromatic N) is 2. The Morgan fingerprint density at radius 1 is 1.47 bits per heavy atom. The van der Waals surface area contributed by atoms with E-state index in [1.165, 1.54) is 0 Å². The second-order valence-electron chi connectivity index (χ2n) is 5.28. The predicted octanol–water partition coefficient (Wildman–Crippen LogP) is 2.42. The van der Waals surface area contributed by atoms with E-state index in [0.29, 0.717) is 13.2 Å². The van der Waals surface area contributed by atoms with E-state index in [1.54, 1.807) is 13.3 Å². The fourth-order valence-corrected chi connectivity index (χ4v) is 3.18. The molecular weight excluding hydrogens is 310 g/mol. The molecule has 1 aromatic heterocycles. The Balaban J connectivity index is 2.36. The third kappa shape index (κ3) is 2.72. The van der Waals surface area contributed by atoms with Crippen LogP contribution in [-0.4, -0.2) is 35.7 Å². The van der Waals surface area contributed by atoms with Crippen LogP contribution in [0.3, 0.4) is 0 Å². The molecule has 1 aliphatic rings. The summed E-state index contributed by atoms with van der Waals surface area (Å²) in [7, 11) is 1.73. The van der Waals surface area contributed by atoms with Gasteiger partial charge in [0.2, 0.25) is 0 Å². The molecule has 0 spiro atoms. The van der Waals surface area contributed by atoms with E-state index in [-0.39, 0.29) is 17.7 Å². The maximum atomic E-state index is 6.53. The quantitative estimate of drug-likeness (QED) is 0.920. The van der Waals surface area contributed by atoms with Crippen molar-refractivity contribution in [2.24, 2.45) is 5.73 Å². The summed E-state index contributed by atoms with van der Waals surface area (Å²) in [5.41, 5.74) is 7.16. The van der Waals surface area contributed by atoms with Crippen LogP contribution in [0.2, 0.25) is 0 Å². The van der Waals surface area contributed by atoms with Gasteiger partial charge in [0.25, 0.3) is 0 Å². The first-order valence-electron chi connectivity index (χ1n) is 6.63. The maximum absolute atomic E-state index is 6.53. The van der Waals surface area contributed by atoms with Crippen LogP contribution < -0.4 is 5.73 Å². The van der Waals surface area contributed by atoms with Crippen molar-refractivity contribution in [3.8, 4) is 0 Å². The van der Waals surface area contributed by atoms with Gasteiger partial charge in [-0.2, -0.15) is 5.10 Å². The minimum atomic E-state index is -0.368. The molecule has 0 aromatic carbocycles. The van der Waals surface area contributed by atoms with Gasteiger partial charge in [-0.15, -0.1) is 0 Å². The molecule has 108 valence electrons. The van der Waals surface area contributed by atoms with Gasteiger partial charge in [0.05, 0.1) is 28.0 Å². The van der Waals surface area contributed by atoms with Crippen molar-refractivity contribution >= 4 is 15.9 Å². The second-order valence-corrected chi connectivity index (χ2v) is 6.13. The van der Waals surface area contributed by atoms with Gasteiger partial charge in [-0.1, -0.05) is 0 Å². The van der Waals surface area contributed by atoms with E-state index in [1.807, 2.05) is 4.68 Å². The average Bonchev–Trinajstić information content (AvgIpc) is 2.80. The molecule has 0 saturated carbocycles. The number of hydrogen-bond donors (Lipinski definition) is 1. The fraction of sp³-hybridized carbons (Fsp3) is 0.769. The second kappa shape index (κ2) is 5.91. The maximum Gasteiger partial charge on any atom is 0.0929 e. The molecule has 0 amide bonds. The monoisotopic (exact) mass is 331 g/mol. The summed E-state index contributed by atoms with van der Waals surface area (Å²) in [4.78, 5) is 0. The summed E-state index contributed by atoms with van der Waals surface area (Å²) in [5.74, 6) is 0. The SMILES string of the molecule is COC1(C(N)c2c(Br)cnn2C(C)C)CCOCC1. The highest BCUT2D eigenvalue weighted by Crippen LogP contribution is 2.38. The number of ether oxygens (including phenoxy) is 2. The summed E-state index contributed by atoms with van der Waals surface area (Å²) in [6.45, 7) is 5.57. The molecule has 1 aliphatic heterocycles. The zero-order valence-corrected chi connectivity index (χ0v) is 13.3. The Hall–Kier alpha value is -0.430. The molecule has 2 heterocycles. The molecule has 1 atom stereocenters. The molecule has 1 unspecified atom stereocenters. The third-order valence-corrected chi connectivity index (χ3v) is 4.49. The van der Waals surface area contributed by atoms with Crippen LogP contribution in [0.5, 0.6) is 0 Å². The molecule has 19 heavy (non-hydrogen) atoms. The first kappa shape index (κ1) is 15.0. The van der Waals surface area contributed by atoms with E-state index in [0.717, 1.165) is 23.0 Å². The molecule has 1 aromatic rings. The topological polar surface area (TPSA) is 62.3 Å². The van der Waals surface area contributed by atoms with Crippen LogP contribution in [0.25, 0.3) is 0 Å². The molecule has 0 aliphatic carbocycles. The van der Waals surface area contributed by atoms with Crippen LogP contribution in [0.4, 0.5) is 0 Å². The number of halogens is 1. The standard InChI is InChI=1S/C13H22BrN3O2/c1-9(2)17-11(10(14)8-16-17)12(15)13(18-3)4-6-19-7-5-13/h8-9,12H,4-7,15H2,1-3H3. The van der Waals surface area contributed by atoms with Crippen molar-refractivity contribution < 1.29 is 9.47 Å². The highest BCUT2D eigenvalue weighted by Gasteiger charge is 2.42. The predicted molar refractivity (Wildman–Crippen MR) is 77.0 cm³/mol. The van der Waals surface area contributed by atoms with Crippen molar-refractivity contribution in [2.45, 2.75) is 44.4 Å². The molecular formula is C13H22BrN3O2. The summed E-state index contributed by atoms with van der Waals surface area (Å²) >= 11 is 3.56. The van der Waals surface area contributed by atoms with E-state index >= 15 is 0 Å². The number of hydrogen-bond acceptors (Lipinski definition) is 4. The summed E-state index contributed by atoms with van der Waals surface area (Å²) in [6.07, 6.45) is 3.42. The van der Waals surface area contributed by atoms with Crippen molar-refractivity contribution in [1.82, 2.24) is 9.78 Å². The Morgan fingerprint density at radius 2 is 2.11 bits per heavy atom. The van der Waals surface area contributed by atoms with Crippen molar-refractivity contribution in [1.29, 1.82) is 0 Å². The van der Waals surface area contributed by atoms with Crippen LogP contribution in [0.1, 0.15) is 44.5 Å². The summed E-state index contributed by atoms with van der Waals surface area (Å²) in [6, 6.07) is 0.0433. The number of methoxy groups -OCH3 is 1. The van der Waals surface area contributed by atoms with Gasteiger partial charge in [0, 0.05) is 39.2 Å². The number of nitrogens with two attached hydrogens (primary N) is 1. The van der Waals surface area contributed by atoms with E-state index < -0.39 is 0 Å². The minimum Gasteiger partial charge on any atom is -0.381 e. The largest absolute Gasteiger partial charge is 0.381 e. The lowest BCUT2D eigenvalue weighted by atomic mass is 9.84. The van der Waals surface area contributed by atoms with Crippen LogP contribution in [0, 0.1) is 0 Å². The molecule has 1 saturated heterocycles. The number of aromatic nitrogens is 2. The first-order chi connectivity index (χ1) is 9.02. The van der Waals surface area contributed by atoms with Gasteiger partial charge in [-0.3, -0.25) is 4.68 Å². The molecule has 0 bridgehead atoms. The summed E-state index contributed by atoms with van der Waals surface area (Å²) < 4.78 is 14.1. The van der Waals surface area contributed by atoms with Gasteiger partial charge in [-0.05, 0) is 29.8 Å². The zero-order valence-electron chi connectivity index (χ0n) is 11.7. The zero-order chi connectivity index (χ0) is 14.0. The lowest BCUT2D eigenvalue weighted by Crippen LogP contribution is -2.48. The van der Waals surface area contributed by atoms with Crippen molar-refractivity contribution in [2.75, 3.05) is 20.3 Å². The Bertz CT molecular complexity index is 428. The van der Waals surface area contributed by atoms with Gasteiger partial charge in [-0.25, -0.2) is 0 Å². The van der Waals surface area contributed by atoms with Gasteiger partial charge in [0.15, 0.2) is 0 Å². The normalized spacial score (nSPS) is 20.7. The minimum absolute atomic E-state index is 0.222. The van der Waals surface area contributed by atoms with Crippen molar-refractivity contribution in [3.63, 3.8) is 0 Å². The molecule has 1 fully saturated rings. The lowest BCUT2D eigenvalue weighted by molar-refractivity contribution is -0.106. The molecule has 2 rings (SSSR count). The van der Waals surface area contributed by atoms with Crippen LogP contribution >= 0.6 is 15.9 Å². The Labute approximate surface area is 122 Å². The fourth-order valence-electron chi connectivity index (χ4n) is 2.66. The van der Waals surface area contributed by atoms with Crippen LogP contribution in [-0.2, 0) is 9.47 Å². The Morgan fingerprint density at radius 3 is 2.63 bits per heavy atom. The van der Waals surface area contributed by atoms with Crippen molar-refractivity contribution in [3.05, 3.63) is 16.4 Å². The highest BCUT2D eigenvalue weighted by molar-refractivity contribution is 9.10. The molecule has 0 radical (unpaired) electrons. The lowest BCUT2D eigenvalue weighted by Gasteiger charge is -2.41. The van der Waals surface area contributed by atoms with Gasteiger partial charge < -0.3 is 15.2 Å². The smallest absolute Gasteiger partial charge is 0.0929 e. The molecule has 5 nitrogen and oxygen atoms in total. The van der Waals surface area contributed by atoms with Crippen LogP contribution in [0.15, 0.2) is 10.7 Å². The average molecular weight is 332 g/mol. The highest BCUT2D eigenvalue weighted by atomic mass is 79.9. The van der Waals surface area contributed by atoms with E-state index in [4.69, 9.17) is 15.2 Å². The van der Waals surface area contributed by atoms with Gasteiger partial charge in [0.1, 0.15) is 0 Å². The first-order valence-corrected chi connectivity index (χ1v) is 7.42. The van der Waals surface area contributed by atoms with E-state index in [2.05, 4.69) is 34.9 Å². The Kier molecular flexibility index (Phi) is 4.66. The molecule has 2 N–H and O–H groups in total.